The number of aromatic nitrogens is 1. The molecule has 0 aliphatic carbocycles. The van der Waals surface area contributed by atoms with Crippen LogP contribution in [0.25, 0.3) is 10.9 Å². The quantitative estimate of drug-likeness (QED) is 0.614. The number of nitrogens with one attached hydrogen (secondary N) is 2. The maximum Gasteiger partial charge on any atom is 0.253 e. The van der Waals surface area contributed by atoms with Crippen molar-refractivity contribution in [2.75, 3.05) is 39.7 Å². The molecule has 168 valence electrons. The molecule has 0 radical (unpaired) electrons. The average Bonchev–Trinajstić information content (AvgIpc) is 3.30. The molecular weight excluding hydrogens is 410 g/mol. The van der Waals surface area contributed by atoms with Gasteiger partial charge < -0.3 is 29.4 Å². The van der Waals surface area contributed by atoms with E-state index in [-0.39, 0.29) is 17.7 Å². The second-order valence-corrected chi connectivity index (χ2v) is 7.77. The molecule has 3 aromatic rings. The van der Waals surface area contributed by atoms with E-state index in [4.69, 9.17) is 14.2 Å². The Labute approximate surface area is 186 Å². The van der Waals surface area contributed by atoms with Crippen molar-refractivity contribution in [3.8, 4) is 17.2 Å². The van der Waals surface area contributed by atoms with Crippen LogP contribution in [0.4, 0.5) is 5.69 Å². The lowest BCUT2D eigenvalue weighted by Gasteiger charge is -2.32. The molecule has 1 aliphatic rings. The Morgan fingerprint density at radius 2 is 1.78 bits per heavy atom. The lowest BCUT2D eigenvalue weighted by Crippen LogP contribution is -2.43. The highest BCUT2D eigenvalue weighted by Crippen LogP contribution is 2.40. The third kappa shape index (κ3) is 4.21. The van der Waals surface area contributed by atoms with Crippen LogP contribution >= 0.6 is 0 Å². The van der Waals surface area contributed by atoms with Crippen molar-refractivity contribution in [1.29, 1.82) is 0 Å². The van der Waals surface area contributed by atoms with Gasteiger partial charge in [0, 0.05) is 48.2 Å². The number of carbonyl (C=O) groups excluding carboxylic acids is 2. The highest BCUT2D eigenvalue weighted by Gasteiger charge is 2.29. The fourth-order valence-corrected chi connectivity index (χ4v) is 4.14. The SMILES string of the molecule is COc1cc(NC(=O)[C@H]2CCCN(C(=O)c3ccc4cc[nH]c4c3)C2)cc(OC)c1OC. The van der Waals surface area contributed by atoms with Crippen LogP contribution in [0.5, 0.6) is 17.2 Å². The number of methoxy groups -OCH3 is 3. The van der Waals surface area contributed by atoms with Gasteiger partial charge in [0.05, 0.1) is 27.2 Å². The third-order valence-corrected chi connectivity index (χ3v) is 5.81. The van der Waals surface area contributed by atoms with Crippen molar-refractivity contribution in [2.45, 2.75) is 12.8 Å². The number of anilines is 1. The molecule has 0 bridgehead atoms. The van der Waals surface area contributed by atoms with Gasteiger partial charge in [-0.3, -0.25) is 9.59 Å². The summed E-state index contributed by atoms with van der Waals surface area (Å²) in [5.74, 6) is 0.871. The van der Waals surface area contributed by atoms with E-state index in [1.54, 1.807) is 17.0 Å². The molecule has 2 aromatic carbocycles. The molecule has 2 amide bonds. The molecule has 8 heteroatoms. The van der Waals surface area contributed by atoms with Gasteiger partial charge >= 0.3 is 0 Å². The summed E-state index contributed by atoms with van der Waals surface area (Å²) in [6.45, 7) is 1.01. The minimum atomic E-state index is -0.305. The second-order valence-electron chi connectivity index (χ2n) is 7.77. The predicted octanol–water partition coefficient (Wildman–Crippen LogP) is 3.68. The molecule has 1 atom stereocenters. The Kier molecular flexibility index (Phi) is 6.20. The first kappa shape index (κ1) is 21.5. The van der Waals surface area contributed by atoms with E-state index >= 15 is 0 Å². The van der Waals surface area contributed by atoms with Crippen LogP contribution in [0, 0.1) is 5.92 Å². The predicted molar refractivity (Wildman–Crippen MR) is 122 cm³/mol. The number of H-pyrrole nitrogens is 1. The third-order valence-electron chi connectivity index (χ3n) is 5.81. The zero-order chi connectivity index (χ0) is 22.7. The van der Waals surface area contributed by atoms with Crippen molar-refractivity contribution in [2.24, 2.45) is 5.92 Å². The van der Waals surface area contributed by atoms with Gasteiger partial charge in [-0.1, -0.05) is 6.07 Å². The van der Waals surface area contributed by atoms with E-state index in [2.05, 4.69) is 10.3 Å². The summed E-state index contributed by atoms with van der Waals surface area (Å²) in [6, 6.07) is 11.0. The lowest BCUT2D eigenvalue weighted by molar-refractivity contribution is -0.121. The molecule has 1 fully saturated rings. The molecule has 2 heterocycles. The number of ether oxygens (including phenoxy) is 3. The van der Waals surface area contributed by atoms with Gasteiger partial charge in [-0.15, -0.1) is 0 Å². The molecule has 0 unspecified atom stereocenters. The molecule has 1 saturated heterocycles. The first-order valence-corrected chi connectivity index (χ1v) is 10.5. The topological polar surface area (TPSA) is 92.9 Å². The number of piperidine rings is 1. The number of nitrogens with zero attached hydrogens (tertiary/aromatic N) is 1. The van der Waals surface area contributed by atoms with Crippen LogP contribution in [0.3, 0.4) is 0 Å². The van der Waals surface area contributed by atoms with Gasteiger partial charge in [-0.25, -0.2) is 0 Å². The number of aromatic amines is 1. The molecule has 4 rings (SSSR count). The maximum atomic E-state index is 13.1. The van der Waals surface area contributed by atoms with Gasteiger partial charge in [-0.2, -0.15) is 0 Å². The largest absolute Gasteiger partial charge is 0.493 e. The number of fused-ring (bicyclic) bond motifs is 1. The van der Waals surface area contributed by atoms with E-state index in [0.29, 0.717) is 41.6 Å². The minimum Gasteiger partial charge on any atom is -0.493 e. The first-order valence-electron chi connectivity index (χ1n) is 10.5. The fraction of sp³-hybridized carbons (Fsp3) is 0.333. The molecular formula is C24H27N3O5. The molecule has 1 aromatic heterocycles. The monoisotopic (exact) mass is 437 g/mol. The van der Waals surface area contributed by atoms with Crippen molar-refractivity contribution in [3.05, 3.63) is 48.2 Å². The van der Waals surface area contributed by atoms with Crippen LogP contribution < -0.4 is 19.5 Å². The van der Waals surface area contributed by atoms with Gasteiger partial charge in [0.1, 0.15) is 0 Å². The summed E-state index contributed by atoms with van der Waals surface area (Å²) in [4.78, 5) is 31.0. The fourth-order valence-electron chi connectivity index (χ4n) is 4.14. The van der Waals surface area contributed by atoms with Gasteiger partial charge in [0.2, 0.25) is 11.7 Å². The Hall–Kier alpha value is -3.68. The minimum absolute atomic E-state index is 0.0632. The number of benzene rings is 2. The number of amides is 2. The molecule has 32 heavy (non-hydrogen) atoms. The van der Waals surface area contributed by atoms with Crippen LogP contribution in [0.15, 0.2) is 42.6 Å². The molecule has 8 nitrogen and oxygen atoms in total. The number of carbonyl (C=O) groups is 2. The number of hydrogen-bond donors (Lipinski definition) is 2. The van der Waals surface area contributed by atoms with Gasteiger partial charge in [0.25, 0.3) is 5.91 Å². The summed E-state index contributed by atoms with van der Waals surface area (Å²) in [7, 11) is 4.58. The van der Waals surface area contributed by atoms with Crippen LogP contribution in [0.1, 0.15) is 23.2 Å². The Morgan fingerprint density at radius 1 is 1.03 bits per heavy atom. The Morgan fingerprint density at radius 3 is 2.47 bits per heavy atom. The number of hydrogen-bond acceptors (Lipinski definition) is 5. The first-order chi connectivity index (χ1) is 15.5. The molecule has 1 aliphatic heterocycles. The molecule has 0 spiro atoms. The standard InChI is InChI=1S/C24H27N3O5/c1-30-20-12-18(13-21(31-2)22(20)32-3)26-23(28)17-5-4-10-27(14-17)24(29)16-7-6-15-8-9-25-19(15)11-16/h6-9,11-13,17,25H,4-5,10,14H2,1-3H3,(H,26,28)/t17-/m0/s1. The summed E-state index contributed by atoms with van der Waals surface area (Å²) in [6.07, 6.45) is 3.34. The van der Waals surface area contributed by atoms with E-state index < -0.39 is 0 Å². The number of likely N-dealkylation sites (tertiary alicyclic amines) is 1. The summed E-state index contributed by atoms with van der Waals surface area (Å²) < 4.78 is 16.0. The van der Waals surface area contributed by atoms with Crippen LogP contribution in [0.2, 0.25) is 0 Å². The number of rotatable bonds is 6. The highest BCUT2D eigenvalue weighted by atomic mass is 16.5. The highest BCUT2D eigenvalue weighted by molar-refractivity contribution is 5.99. The normalized spacial score (nSPS) is 16.0. The summed E-state index contributed by atoms with van der Waals surface area (Å²) in [5.41, 5.74) is 2.08. The van der Waals surface area contributed by atoms with Crippen molar-refractivity contribution >= 4 is 28.4 Å². The smallest absolute Gasteiger partial charge is 0.253 e. The lowest BCUT2D eigenvalue weighted by atomic mass is 9.96. The van der Waals surface area contributed by atoms with Crippen molar-refractivity contribution in [1.82, 2.24) is 9.88 Å². The van der Waals surface area contributed by atoms with Gasteiger partial charge in [0.15, 0.2) is 11.5 Å². The Balaban J connectivity index is 1.47. The Bertz CT molecular complexity index is 1110. The van der Waals surface area contributed by atoms with Crippen molar-refractivity contribution < 1.29 is 23.8 Å². The van der Waals surface area contributed by atoms with Crippen LogP contribution in [-0.4, -0.2) is 56.1 Å². The zero-order valence-corrected chi connectivity index (χ0v) is 18.4. The van der Waals surface area contributed by atoms with E-state index in [1.165, 1.54) is 21.3 Å². The maximum absolute atomic E-state index is 13.1. The van der Waals surface area contributed by atoms with E-state index in [0.717, 1.165) is 23.7 Å². The zero-order valence-electron chi connectivity index (χ0n) is 18.4. The molecule has 0 saturated carbocycles. The van der Waals surface area contributed by atoms with E-state index in [1.807, 2.05) is 30.5 Å². The van der Waals surface area contributed by atoms with Crippen LogP contribution in [-0.2, 0) is 4.79 Å². The van der Waals surface area contributed by atoms with Crippen molar-refractivity contribution in [3.63, 3.8) is 0 Å². The molecule has 2 N–H and O–H groups in total. The average molecular weight is 437 g/mol. The summed E-state index contributed by atoms with van der Waals surface area (Å²) in [5, 5.41) is 3.99. The second kappa shape index (κ2) is 9.21. The van der Waals surface area contributed by atoms with Gasteiger partial charge in [-0.05, 0) is 36.4 Å². The van der Waals surface area contributed by atoms with E-state index in [9.17, 15) is 9.59 Å². The summed E-state index contributed by atoms with van der Waals surface area (Å²) >= 11 is 0.